The van der Waals surface area contributed by atoms with Gasteiger partial charge < -0.3 is 5.11 Å². The molecule has 0 bridgehead atoms. The van der Waals surface area contributed by atoms with Crippen molar-refractivity contribution in [3.8, 4) is 0 Å². The average Bonchev–Trinajstić information content (AvgIpc) is 2.30. The summed E-state index contributed by atoms with van der Waals surface area (Å²) in [4.78, 5) is 15.6. The fourth-order valence-corrected chi connectivity index (χ4v) is 2.13. The number of carbonyl (C=O) groups excluding carboxylic acids is 1. The summed E-state index contributed by atoms with van der Waals surface area (Å²) in [7, 11) is 0. The Morgan fingerprint density at radius 3 is 3.00 bits per heavy atom. The van der Waals surface area contributed by atoms with E-state index in [4.69, 9.17) is 0 Å². The van der Waals surface area contributed by atoms with Crippen molar-refractivity contribution >= 4 is 5.78 Å². The van der Waals surface area contributed by atoms with Crippen LogP contribution in [0.4, 0.5) is 0 Å². The maximum Gasteiger partial charge on any atom is 0.138 e. The Bertz CT molecular complexity index is 337. The molecule has 1 aliphatic rings. The number of aromatic nitrogens is 1. The Hall–Kier alpha value is -1.22. The largest absolute Gasteiger partial charge is 0.388 e. The lowest BCUT2D eigenvalue weighted by Gasteiger charge is -2.25. The van der Waals surface area contributed by atoms with Crippen molar-refractivity contribution in [1.29, 1.82) is 0 Å². The number of aliphatic hydroxyl groups excluding tert-OH is 1. The van der Waals surface area contributed by atoms with Gasteiger partial charge in [-0.05, 0) is 24.5 Å². The Morgan fingerprint density at radius 1 is 1.47 bits per heavy atom. The van der Waals surface area contributed by atoms with E-state index in [1.807, 2.05) is 6.07 Å². The van der Waals surface area contributed by atoms with Crippen LogP contribution in [0, 0.1) is 5.92 Å². The number of carbonyl (C=O) groups is 1. The standard InChI is InChI=1S/C12H15NO2/c14-11-6-2-1-5-10(11)12(15)9-4-3-7-13-8-9/h3-4,7-8,10,12,15H,1-2,5-6H2/t10-,12+/m0/s1. The lowest BCUT2D eigenvalue weighted by molar-refractivity contribution is -0.128. The molecule has 2 rings (SSSR count). The van der Waals surface area contributed by atoms with E-state index in [0.717, 1.165) is 24.8 Å². The van der Waals surface area contributed by atoms with Crippen LogP contribution < -0.4 is 0 Å². The maximum absolute atomic E-state index is 11.6. The van der Waals surface area contributed by atoms with E-state index in [1.165, 1.54) is 0 Å². The molecule has 0 aromatic carbocycles. The molecule has 0 radical (unpaired) electrons. The third-order valence-electron chi connectivity index (χ3n) is 3.01. The predicted octanol–water partition coefficient (Wildman–Crippen LogP) is 1.87. The summed E-state index contributed by atoms with van der Waals surface area (Å²) in [5.41, 5.74) is 0.748. The summed E-state index contributed by atoms with van der Waals surface area (Å²) in [6.07, 6.45) is 6.04. The van der Waals surface area contributed by atoms with Gasteiger partial charge in [0.15, 0.2) is 0 Å². The second kappa shape index (κ2) is 4.53. The van der Waals surface area contributed by atoms with Crippen molar-refractivity contribution in [3.05, 3.63) is 30.1 Å². The number of hydrogen-bond acceptors (Lipinski definition) is 3. The first-order valence-electron chi connectivity index (χ1n) is 5.40. The van der Waals surface area contributed by atoms with Gasteiger partial charge in [-0.2, -0.15) is 0 Å². The second-order valence-corrected chi connectivity index (χ2v) is 4.05. The van der Waals surface area contributed by atoms with Gasteiger partial charge in [-0.15, -0.1) is 0 Å². The molecular weight excluding hydrogens is 190 g/mol. The van der Waals surface area contributed by atoms with Gasteiger partial charge in [0.2, 0.25) is 0 Å². The Balaban J connectivity index is 2.13. The molecule has 1 aromatic heterocycles. The number of rotatable bonds is 2. The van der Waals surface area contributed by atoms with Crippen LogP contribution in [0.15, 0.2) is 24.5 Å². The molecule has 80 valence electrons. The van der Waals surface area contributed by atoms with Crippen molar-refractivity contribution in [2.45, 2.75) is 31.8 Å². The fraction of sp³-hybridized carbons (Fsp3) is 0.500. The number of hydrogen-bond donors (Lipinski definition) is 1. The third-order valence-corrected chi connectivity index (χ3v) is 3.01. The lowest BCUT2D eigenvalue weighted by atomic mass is 9.82. The zero-order chi connectivity index (χ0) is 10.7. The molecule has 1 heterocycles. The molecule has 15 heavy (non-hydrogen) atoms. The zero-order valence-corrected chi connectivity index (χ0v) is 8.60. The van der Waals surface area contributed by atoms with Crippen molar-refractivity contribution in [2.75, 3.05) is 0 Å². The first kappa shape index (κ1) is 10.3. The van der Waals surface area contributed by atoms with Crippen molar-refractivity contribution in [1.82, 2.24) is 4.98 Å². The van der Waals surface area contributed by atoms with Gasteiger partial charge in [0, 0.05) is 24.7 Å². The van der Waals surface area contributed by atoms with E-state index in [-0.39, 0.29) is 11.7 Å². The molecule has 0 saturated heterocycles. The molecule has 1 fully saturated rings. The highest BCUT2D eigenvalue weighted by molar-refractivity contribution is 5.82. The summed E-state index contributed by atoms with van der Waals surface area (Å²) in [5, 5.41) is 10.1. The lowest BCUT2D eigenvalue weighted by Crippen LogP contribution is -2.25. The number of aliphatic hydroxyl groups is 1. The van der Waals surface area contributed by atoms with Gasteiger partial charge in [-0.25, -0.2) is 0 Å². The van der Waals surface area contributed by atoms with Crippen LogP contribution in [0.25, 0.3) is 0 Å². The van der Waals surface area contributed by atoms with Crippen LogP contribution in [-0.4, -0.2) is 15.9 Å². The average molecular weight is 205 g/mol. The molecule has 0 spiro atoms. The van der Waals surface area contributed by atoms with E-state index in [2.05, 4.69) is 4.98 Å². The van der Waals surface area contributed by atoms with Crippen molar-refractivity contribution in [2.24, 2.45) is 5.92 Å². The topological polar surface area (TPSA) is 50.2 Å². The van der Waals surface area contributed by atoms with E-state index in [0.29, 0.717) is 6.42 Å². The second-order valence-electron chi connectivity index (χ2n) is 4.05. The molecule has 0 unspecified atom stereocenters. The van der Waals surface area contributed by atoms with Gasteiger partial charge >= 0.3 is 0 Å². The number of pyridine rings is 1. The predicted molar refractivity (Wildman–Crippen MR) is 56.2 cm³/mol. The van der Waals surface area contributed by atoms with Crippen LogP contribution in [0.2, 0.25) is 0 Å². The molecule has 1 aliphatic carbocycles. The first-order valence-corrected chi connectivity index (χ1v) is 5.40. The van der Waals surface area contributed by atoms with Gasteiger partial charge in [0.25, 0.3) is 0 Å². The molecule has 3 nitrogen and oxygen atoms in total. The minimum absolute atomic E-state index is 0.192. The number of ketones is 1. The van der Waals surface area contributed by atoms with Crippen LogP contribution in [0.1, 0.15) is 37.4 Å². The van der Waals surface area contributed by atoms with E-state index < -0.39 is 6.10 Å². The highest BCUT2D eigenvalue weighted by Gasteiger charge is 2.29. The molecule has 2 atom stereocenters. The molecule has 1 N–H and O–H groups in total. The Kier molecular flexibility index (Phi) is 3.11. The Labute approximate surface area is 89.2 Å². The molecule has 1 saturated carbocycles. The van der Waals surface area contributed by atoms with Gasteiger partial charge in [0.05, 0.1) is 6.10 Å². The molecule has 1 aromatic rings. The molecule has 0 amide bonds. The van der Waals surface area contributed by atoms with Crippen LogP contribution >= 0.6 is 0 Å². The van der Waals surface area contributed by atoms with Crippen LogP contribution in [0.5, 0.6) is 0 Å². The van der Waals surface area contributed by atoms with Gasteiger partial charge in [-0.1, -0.05) is 12.5 Å². The summed E-state index contributed by atoms with van der Waals surface area (Å²) in [5.74, 6) is -0.0273. The van der Waals surface area contributed by atoms with E-state index >= 15 is 0 Å². The SMILES string of the molecule is O=C1CCCC[C@@H]1[C@H](O)c1cccnc1. The van der Waals surface area contributed by atoms with Crippen molar-refractivity contribution in [3.63, 3.8) is 0 Å². The summed E-state index contributed by atoms with van der Waals surface area (Å²) >= 11 is 0. The quantitative estimate of drug-likeness (QED) is 0.802. The maximum atomic E-state index is 11.6. The van der Waals surface area contributed by atoms with E-state index in [1.54, 1.807) is 18.5 Å². The highest BCUT2D eigenvalue weighted by atomic mass is 16.3. The monoisotopic (exact) mass is 205 g/mol. The number of Topliss-reactive ketones (excluding diaryl/α,β-unsaturated/α-hetero) is 1. The number of nitrogens with zero attached hydrogens (tertiary/aromatic N) is 1. The van der Waals surface area contributed by atoms with E-state index in [9.17, 15) is 9.90 Å². The minimum Gasteiger partial charge on any atom is -0.388 e. The smallest absolute Gasteiger partial charge is 0.138 e. The van der Waals surface area contributed by atoms with Gasteiger partial charge in [-0.3, -0.25) is 9.78 Å². The zero-order valence-electron chi connectivity index (χ0n) is 8.60. The van der Waals surface area contributed by atoms with Gasteiger partial charge in [0.1, 0.15) is 5.78 Å². The normalized spacial score (nSPS) is 23.8. The fourth-order valence-electron chi connectivity index (χ4n) is 2.13. The molecule has 3 heteroatoms. The van der Waals surface area contributed by atoms with Crippen LogP contribution in [0.3, 0.4) is 0 Å². The highest BCUT2D eigenvalue weighted by Crippen LogP contribution is 2.31. The first-order chi connectivity index (χ1) is 7.29. The molecule has 0 aliphatic heterocycles. The minimum atomic E-state index is -0.675. The Morgan fingerprint density at radius 2 is 2.33 bits per heavy atom. The van der Waals surface area contributed by atoms with Crippen molar-refractivity contribution < 1.29 is 9.90 Å². The molecular formula is C12H15NO2. The van der Waals surface area contributed by atoms with Crippen LogP contribution in [-0.2, 0) is 4.79 Å². The summed E-state index contributed by atoms with van der Waals surface area (Å²) in [6.45, 7) is 0. The summed E-state index contributed by atoms with van der Waals surface area (Å²) < 4.78 is 0. The summed E-state index contributed by atoms with van der Waals surface area (Å²) in [6, 6.07) is 3.60. The third kappa shape index (κ3) is 2.23.